The predicted octanol–water partition coefficient (Wildman–Crippen LogP) is 2.00. The number of rotatable bonds is 5. The van der Waals surface area contributed by atoms with Crippen molar-refractivity contribution in [3.05, 3.63) is 35.9 Å². The fourth-order valence-corrected chi connectivity index (χ4v) is 2.39. The number of oxime groups is 1. The lowest BCUT2D eigenvalue weighted by atomic mass is 9.90. The molecule has 1 aromatic rings. The zero-order chi connectivity index (χ0) is 13.0. The molecule has 0 bridgehead atoms. The summed E-state index contributed by atoms with van der Waals surface area (Å²) in [5.41, 5.74) is 6.93. The summed E-state index contributed by atoms with van der Waals surface area (Å²) in [5.74, 6) is 0.245. The lowest BCUT2D eigenvalue weighted by Gasteiger charge is -2.36. The van der Waals surface area contributed by atoms with Gasteiger partial charge in [-0.05, 0) is 25.5 Å². The number of nitrogens with zero attached hydrogens (tertiary/aromatic N) is 2. The van der Waals surface area contributed by atoms with Gasteiger partial charge in [0.25, 0.3) is 0 Å². The van der Waals surface area contributed by atoms with Crippen LogP contribution in [0.1, 0.15) is 30.7 Å². The van der Waals surface area contributed by atoms with Gasteiger partial charge in [0.15, 0.2) is 0 Å². The normalized spacial score (nSPS) is 18.7. The second kappa shape index (κ2) is 5.87. The van der Waals surface area contributed by atoms with Crippen molar-refractivity contribution in [1.82, 2.24) is 4.90 Å². The molecule has 1 fully saturated rings. The molecule has 1 saturated carbocycles. The van der Waals surface area contributed by atoms with Crippen LogP contribution in [0.3, 0.4) is 0 Å². The molecule has 0 aliphatic heterocycles. The van der Waals surface area contributed by atoms with Crippen LogP contribution >= 0.6 is 0 Å². The van der Waals surface area contributed by atoms with E-state index in [4.69, 9.17) is 10.9 Å². The second-order valence-corrected chi connectivity index (χ2v) is 5.01. The summed E-state index contributed by atoms with van der Waals surface area (Å²) < 4.78 is 0. The molecule has 4 heteroatoms. The van der Waals surface area contributed by atoms with Gasteiger partial charge in [-0.3, -0.25) is 0 Å². The van der Waals surface area contributed by atoms with E-state index in [1.54, 1.807) is 0 Å². The molecule has 98 valence electrons. The summed E-state index contributed by atoms with van der Waals surface area (Å²) in [7, 11) is 2.12. The van der Waals surface area contributed by atoms with Crippen molar-refractivity contribution in [3.8, 4) is 0 Å². The first-order chi connectivity index (χ1) is 8.72. The maximum atomic E-state index is 8.93. The van der Waals surface area contributed by atoms with Crippen molar-refractivity contribution in [2.45, 2.75) is 31.2 Å². The Labute approximate surface area is 108 Å². The van der Waals surface area contributed by atoms with Gasteiger partial charge in [-0.2, -0.15) is 0 Å². The standard InChI is InChI=1S/C14H21N3O/c1-17(12-8-5-9-12)10-13(14(15)16-18)11-6-3-2-4-7-11/h2-4,6-7,12-13,18H,5,8-10H2,1H3,(H2,15,16). The van der Waals surface area contributed by atoms with Gasteiger partial charge in [0.1, 0.15) is 5.84 Å². The summed E-state index contributed by atoms with van der Waals surface area (Å²) in [5, 5.41) is 12.1. The highest BCUT2D eigenvalue weighted by Crippen LogP contribution is 2.26. The van der Waals surface area contributed by atoms with Crippen LogP contribution in [0.15, 0.2) is 35.5 Å². The van der Waals surface area contributed by atoms with Crippen LogP contribution in [-0.4, -0.2) is 35.6 Å². The molecular weight excluding hydrogens is 226 g/mol. The highest BCUT2D eigenvalue weighted by molar-refractivity contribution is 5.87. The van der Waals surface area contributed by atoms with Crippen molar-refractivity contribution in [2.75, 3.05) is 13.6 Å². The fourth-order valence-electron chi connectivity index (χ4n) is 2.39. The number of hydrogen-bond donors (Lipinski definition) is 2. The van der Waals surface area contributed by atoms with Crippen LogP contribution in [0.25, 0.3) is 0 Å². The van der Waals surface area contributed by atoms with E-state index in [1.165, 1.54) is 19.3 Å². The van der Waals surface area contributed by atoms with Crippen molar-refractivity contribution in [1.29, 1.82) is 0 Å². The van der Waals surface area contributed by atoms with E-state index < -0.39 is 0 Å². The summed E-state index contributed by atoms with van der Waals surface area (Å²) in [6, 6.07) is 10.6. The smallest absolute Gasteiger partial charge is 0.147 e. The molecule has 2 rings (SSSR count). The van der Waals surface area contributed by atoms with Crippen LogP contribution in [0.5, 0.6) is 0 Å². The van der Waals surface area contributed by atoms with E-state index in [0.29, 0.717) is 6.04 Å². The lowest BCUT2D eigenvalue weighted by Crippen LogP contribution is -2.42. The zero-order valence-electron chi connectivity index (χ0n) is 10.8. The van der Waals surface area contributed by atoms with Crippen LogP contribution in [0.2, 0.25) is 0 Å². The number of hydrogen-bond acceptors (Lipinski definition) is 3. The van der Waals surface area contributed by atoms with Gasteiger partial charge in [0.05, 0.1) is 5.92 Å². The Morgan fingerprint density at radius 3 is 2.61 bits per heavy atom. The summed E-state index contributed by atoms with van der Waals surface area (Å²) in [6.45, 7) is 0.796. The fraction of sp³-hybridized carbons (Fsp3) is 0.500. The third kappa shape index (κ3) is 2.82. The van der Waals surface area contributed by atoms with E-state index in [1.807, 2.05) is 30.3 Å². The maximum Gasteiger partial charge on any atom is 0.147 e. The van der Waals surface area contributed by atoms with Gasteiger partial charge in [0, 0.05) is 12.6 Å². The summed E-state index contributed by atoms with van der Waals surface area (Å²) in [4.78, 5) is 2.32. The van der Waals surface area contributed by atoms with E-state index in [9.17, 15) is 0 Å². The third-order valence-corrected chi connectivity index (χ3v) is 3.84. The molecule has 0 amide bonds. The van der Waals surface area contributed by atoms with Gasteiger partial charge >= 0.3 is 0 Å². The Kier molecular flexibility index (Phi) is 4.20. The monoisotopic (exact) mass is 247 g/mol. The highest BCUT2D eigenvalue weighted by atomic mass is 16.4. The van der Waals surface area contributed by atoms with Crippen LogP contribution in [-0.2, 0) is 0 Å². The molecule has 0 aromatic heterocycles. The first-order valence-electron chi connectivity index (χ1n) is 6.45. The minimum atomic E-state index is -0.0400. The van der Waals surface area contributed by atoms with Crippen molar-refractivity contribution in [3.63, 3.8) is 0 Å². The van der Waals surface area contributed by atoms with Crippen LogP contribution in [0, 0.1) is 0 Å². The summed E-state index contributed by atoms with van der Waals surface area (Å²) >= 11 is 0. The molecule has 0 heterocycles. The molecule has 18 heavy (non-hydrogen) atoms. The largest absolute Gasteiger partial charge is 0.409 e. The Morgan fingerprint density at radius 1 is 1.44 bits per heavy atom. The first kappa shape index (κ1) is 12.9. The Hall–Kier alpha value is -1.55. The minimum absolute atomic E-state index is 0.0400. The summed E-state index contributed by atoms with van der Waals surface area (Å²) in [6.07, 6.45) is 3.83. The molecule has 0 radical (unpaired) electrons. The average molecular weight is 247 g/mol. The number of nitrogens with two attached hydrogens (primary N) is 1. The zero-order valence-corrected chi connectivity index (χ0v) is 10.8. The molecule has 0 spiro atoms. The van der Waals surface area contributed by atoms with E-state index in [0.717, 1.165) is 12.1 Å². The molecule has 1 unspecified atom stereocenters. The lowest BCUT2D eigenvalue weighted by molar-refractivity contribution is 0.157. The molecule has 1 aliphatic carbocycles. The van der Waals surface area contributed by atoms with Gasteiger partial charge in [-0.15, -0.1) is 0 Å². The molecular formula is C14H21N3O. The van der Waals surface area contributed by atoms with Crippen LogP contribution < -0.4 is 5.73 Å². The number of amidine groups is 1. The second-order valence-electron chi connectivity index (χ2n) is 5.01. The molecule has 1 atom stereocenters. The van der Waals surface area contributed by atoms with Crippen molar-refractivity contribution < 1.29 is 5.21 Å². The molecule has 1 aliphatic rings. The minimum Gasteiger partial charge on any atom is -0.409 e. The Morgan fingerprint density at radius 2 is 2.11 bits per heavy atom. The average Bonchev–Trinajstić information content (AvgIpc) is 2.34. The first-order valence-corrected chi connectivity index (χ1v) is 6.45. The molecule has 3 N–H and O–H groups in total. The van der Waals surface area contributed by atoms with E-state index >= 15 is 0 Å². The van der Waals surface area contributed by atoms with E-state index in [2.05, 4.69) is 17.1 Å². The number of likely N-dealkylation sites (N-methyl/N-ethyl adjacent to an activating group) is 1. The van der Waals surface area contributed by atoms with Crippen molar-refractivity contribution >= 4 is 5.84 Å². The number of benzene rings is 1. The maximum absolute atomic E-state index is 8.93. The predicted molar refractivity (Wildman–Crippen MR) is 72.9 cm³/mol. The van der Waals surface area contributed by atoms with Crippen LogP contribution in [0.4, 0.5) is 0 Å². The Balaban J connectivity index is 2.10. The van der Waals surface area contributed by atoms with Gasteiger partial charge in [-0.1, -0.05) is 41.9 Å². The SMILES string of the molecule is CN(CC(/C(N)=N/O)c1ccccc1)C1CCC1. The molecule has 4 nitrogen and oxygen atoms in total. The third-order valence-electron chi connectivity index (χ3n) is 3.84. The topological polar surface area (TPSA) is 61.8 Å². The van der Waals surface area contributed by atoms with Gasteiger partial charge in [-0.25, -0.2) is 0 Å². The highest BCUT2D eigenvalue weighted by Gasteiger charge is 2.26. The van der Waals surface area contributed by atoms with Gasteiger partial charge in [0.2, 0.25) is 0 Å². The Bertz CT molecular complexity index is 401. The quantitative estimate of drug-likeness (QED) is 0.362. The van der Waals surface area contributed by atoms with E-state index in [-0.39, 0.29) is 11.8 Å². The molecule has 0 saturated heterocycles. The van der Waals surface area contributed by atoms with Crippen molar-refractivity contribution in [2.24, 2.45) is 10.9 Å². The van der Waals surface area contributed by atoms with Gasteiger partial charge < -0.3 is 15.8 Å². The molecule has 1 aromatic carbocycles.